The van der Waals surface area contributed by atoms with Crippen LogP contribution in [0.5, 0.6) is 0 Å². The van der Waals surface area contributed by atoms with Gasteiger partial charge in [0.25, 0.3) is 0 Å². The first-order chi connectivity index (χ1) is 7.05. The molecule has 1 unspecified atom stereocenters. The van der Waals surface area contributed by atoms with Crippen LogP contribution in [0, 0.1) is 0 Å². The molecule has 1 aliphatic heterocycles. The summed E-state index contributed by atoms with van der Waals surface area (Å²) in [6, 6.07) is 0. The van der Waals surface area contributed by atoms with E-state index in [1.165, 1.54) is 0 Å². The maximum Gasteiger partial charge on any atom is 0.223 e. The summed E-state index contributed by atoms with van der Waals surface area (Å²) in [5.74, 6) is 0.149. The summed E-state index contributed by atoms with van der Waals surface area (Å²) in [6.07, 6.45) is 2.23. The molecule has 1 fully saturated rings. The predicted octanol–water partition coefficient (Wildman–Crippen LogP) is 0.359. The van der Waals surface area contributed by atoms with Crippen molar-refractivity contribution in [2.75, 3.05) is 26.2 Å². The number of rotatable bonds is 4. The van der Waals surface area contributed by atoms with Crippen molar-refractivity contribution < 1.29 is 9.90 Å². The van der Waals surface area contributed by atoms with E-state index in [0.29, 0.717) is 13.0 Å². The van der Waals surface area contributed by atoms with Gasteiger partial charge in [-0.25, -0.2) is 0 Å². The minimum atomic E-state index is -0.688. The number of likely N-dealkylation sites (tertiary alicyclic amines) is 1. The Hall–Kier alpha value is -0.610. The van der Waals surface area contributed by atoms with Crippen molar-refractivity contribution in [3.05, 3.63) is 0 Å². The molecule has 2 N–H and O–H groups in total. The topological polar surface area (TPSA) is 52.6 Å². The van der Waals surface area contributed by atoms with Crippen LogP contribution in [0.2, 0.25) is 0 Å². The van der Waals surface area contributed by atoms with Crippen molar-refractivity contribution in [1.82, 2.24) is 10.2 Å². The Morgan fingerprint density at radius 2 is 2.33 bits per heavy atom. The molecule has 1 aliphatic rings. The molecule has 88 valence electrons. The number of piperidine rings is 1. The highest BCUT2D eigenvalue weighted by Crippen LogP contribution is 2.20. The zero-order valence-electron chi connectivity index (χ0n) is 9.75. The van der Waals surface area contributed by atoms with E-state index in [9.17, 15) is 9.90 Å². The lowest BCUT2D eigenvalue weighted by atomic mass is 9.95. The average molecular weight is 214 g/mol. The van der Waals surface area contributed by atoms with Gasteiger partial charge in [0.2, 0.25) is 5.91 Å². The average Bonchev–Trinajstić information content (AvgIpc) is 2.16. The van der Waals surface area contributed by atoms with Gasteiger partial charge in [-0.1, -0.05) is 6.92 Å². The molecular formula is C11H22N2O2. The van der Waals surface area contributed by atoms with Gasteiger partial charge < -0.3 is 15.3 Å². The molecule has 0 bridgehead atoms. The molecule has 1 rings (SSSR count). The fourth-order valence-electron chi connectivity index (χ4n) is 1.96. The lowest BCUT2D eigenvalue weighted by molar-refractivity contribution is -0.137. The van der Waals surface area contributed by atoms with Crippen LogP contribution >= 0.6 is 0 Å². The Bertz CT molecular complexity index is 217. The Kier molecular flexibility index (Phi) is 4.54. The van der Waals surface area contributed by atoms with Crippen molar-refractivity contribution >= 4 is 5.91 Å². The van der Waals surface area contributed by atoms with Gasteiger partial charge in [-0.3, -0.25) is 4.79 Å². The molecule has 15 heavy (non-hydrogen) atoms. The smallest absolute Gasteiger partial charge is 0.223 e. The van der Waals surface area contributed by atoms with Crippen LogP contribution in [-0.4, -0.2) is 47.7 Å². The van der Waals surface area contributed by atoms with Crippen molar-refractivity contribution in [2.24, 2.45) is 0 Å². The second kappa shape index (κ2) is 5.47. The van der Waals surface area contributed by atoms with E-state index >= 15 is 0 Å². The molecule has 0 aromatic heterocycles. The molecule has 0 spiro atoms. The number of carbonyl (C=O) groups excluding carboxylic acids is 1. The second-order valence-corrected chi connectivity index (χ2v) is 4.52. The molecule has 0 aliphatic carbocycles. The summed E-state index contributed by atoms with van der Waals surface area (Å²) in [6.45, 7) is 6.73. The van der Waals surface area contributed by atoms with E-state index in [-0.39, 0.29) is 5.91 Å². The largest absolute Gasteiger partial charge is 0.388 e. The van der Waals surface area contributed by atoms with Gasteiger partial charge in [-0.2, -0.15) is 0 Å². The number of aliphatic hydroxyl groups is 1. The second-order valence-electron chi connectivity index (χ2n) is 4.52. The maximum absolute atomic E-state index is 11.7. The van der Waals surface area contributed by atoms with Crippen molar-refractivity contribution in [2.45, 2.75) is 38.7 Å². The standard InChI is InChI=1S/C11H22N2O2/c1-3-12-7-5-10(14)13-8-4-6-11(2,15)9-13/h12,15H,3-9H2,1-2H3. The first-order valence-electron chi connectivity index (χ1n) is 5.76. The summed E-state index contributed by atoms with van der Waals surface area (Å²) >= 11 is 0. The van der Waals surface area contributed by atoms with Crippen LogP contribution in [-0.2, 0) is 4.79 Å². The predicted molar refractivity (Wildman–Crippen MR) is 59.6 cm³/mol. The molecule has 1 heterocycles. The third kappa shape index (κ3) is 4.18. The Balaban J connectivity index is 2.32. The normalized spacial score (nSPS) is 26.7. The molecule has 0 radical (unpaired) electrons. The van der Waals surface area contributed by atoms with E-state index < -0.39 is 5.60 Å². The SMILES string of the molecule is CCNCCC(=O)N1CCCC(C)(O)C1. The molecule has 1 saturated heterocycles. The number of hydrogen-bond acceptors (Lipinski definition) is 3. The number of nitrogens with zero attached hydrogens (tertiary/aromatic N) is 1. The fourth-order valence-corrected chi connectivity index (χ4v) is 1.96. The fraction of sp³-hybridized carbons (Fsp3) is 0.909. The zero-order chi connectivity index (χ0) is 11.3. The van der Waals surface area contributed by atoms with E-state index in [0.717, 1.165) is 32.5 Å². The van der Waals surface area contributed by atoms with Gasteiger partial charge in [-0.15, -0.1) is 0 Å². The third-order valence-corrected chi connectivity index (χ3v) is 2.79. The number of hydrogen-bond donors (Lipinski definition) is 2. The van der Waals surface area contributed by atoms with Crippen LogP contribution in [0.15, 0.2) is 0 Å². The Morgan fingerprint density at radius 1 is 1.60 bits per heavy atom. The van der Waals surface area contributed by atoms with Crippen molar-refractivity contribution in [3.8, 4) is 0 Å². The summed E-state index contributed by atoms with van der Waals surface area (Å²) in [5, 5.41) is 13.0. The van der Waals surface area contributed by atoms with E-state index in [1.807, 2.05) is 6.92 Å². The zero-order valence-corrected chi connectivity index (χ0v) is 9.75. The van der Waals surface area contributed by atoms with E-state index in [4.69, 9.17) is 0 Å². The highest BCUT2D eigenvalue weighted by molar-refractivity contribution is 5.76. The van der Waals surface area contributed by atoms with E-state index in [1.54, 1.807) is 11.8 Å². The first kappa shape index (κ1) is 12.5. The number of nitrogens with one attached hydrogen (secondary N) is 1. The Morgan fingerprint density at radius 3 is 2.93 bits per heavy atom. The van der Waals surface area contributed by atoms with Gasteiger partial charge in [0.05, 0.1) is 5.60 Å². The minimum absolute atomic E-state index is 0.149. The van der Waals surface area contributed by atoms with Crippen molar-refractivity contribution in [3.63, 3.8) is 0 Å². The van der Waals surface area contributed by atoms with Gasteiger partial charge in [0.1, 0.15) is 0 Å². The van der Waals surface area contributed by atoms with Crippen LogP contribution in [0.4, 0.5) is 0 Å². The van der Waals surface area contributed by atoms with E-state index in [2.05, 4.69) is 5.32 Å². The summed E-state index contributed by atoms with van der Waals surface area (Å²) < 4.78 is 0. The lowest BCUT2D eigenvalue weighted by Gasteiger charge is -2.36. The van der Waals surface area contributed by atoms with Crippen LogP contribution in [0.25, 0.3) is 0 Å². The summed E-state index contributed by atoms with van der Waals surface area (Å²) in [4.78, 5) is 13.5. The van der Waals surface area contributed by atoms with Crippen LogP contribution < -0.4 is 5.32 Å². The summed E-state index contributed by atoms with van der Waals surface area (Å²) in [5.41, 5.74) is -0.688. The molecule has 0 saturated carbocycles. The molecule has 1 amide bonds. The highest BCUT2D eigenvalue weighted by atomic mass is 16.3. The molecule has 0 aromatic carbocycles. The van der Waals surface area contributed by atoms with Crippen LogP contribution in [0.3, 0.4) is 0 Å². The van der Waals surface area contributed by atoms with Gasteiger partial charge >= 0.3 is 0 Å². The maximum atomic E-state index is 11.7. The number of amides is 1. The quantitative estimate of drug-likeness (QED) is 0.664. The molecule has 0 aromatic rings. The van der Waals surface area contributed by atoms with Gasteiger partial charge in [0.15, 0.2) is 0 Å². The monoisotopic (exact) mass is 214 g/mol. The molecule has 1 atom stereocenters. The molecule has 4 nitrogen and oxygen atoms in total. The molecular weight excluding hydrogens is 192 g/mol. The summed E-state index contributed by atoms with van der Waals surface area (Å²) in [7, 11) is 0. The van der Waals surface area contributed by atoms with Crippen molar-refractivity contribution in [1.29, 1.82) is 0 Å². The molecule has 4 heteroatoms. The van der Waals surface area contributed by atoms with Gasteiger partial charge in [-0.05, 0) is 26.3 Å². The van der Waals surface area contributed by atoms with Gasteiger partial charge in [0, 0.05) is 26.1 Å². The first-order valence-corrected chi connectivity index (χ1v) is 5.76. The Labute approximate surface area is 91.6 Å². The number of β-amino-alcohol motifs (C(OH)–C–C–N with tert-alkyl or cyclic N) is 1. The lowest BCUT2D eigenvalue weighted by Crippen LogP contribution is -2.49. The number of carbonyl (C=O) groups is 1. The van der Waals surface area contributed by atoms with Crippen LogP contribution in [0.1, 0.15) is 33.1 Å². The highest BCUT2D eigenvalue weighted by Gasteiger charge is 2.30. The third-order valence-electron chi connectivity index (χ3n) is 2.79. The minimum Gasteiger partial charge on any atom is -0.388 e.